The van der Waals surface area contributed by atoms with Crippen molar-refractivity contribution in [3.8, 4) is 11.4 Å². The largest absolute Gasteiger partial charge is 1.00 e. The Morgan fingerprint density at radius 1 is 0.720 bits per heavy atom. The van der Waals surface area contributed by atoms with E-state index in [1.165, 1.54) is 11.0 Å². The van der Waals surface area contributed by atoms with Crippen molar-refractivity contribution in [2.24, 2.45) is 0 Å². The molecule has 0 unspecified atom stereocenters. The zero-order valence-corrected chi connectivity index (χ0v) is 35.9. The fourth-order valence-electron chi connectivity index (χ4n) is 5.12. The van der Waals surface area contributed by atoms with Crippen LogP contribution in [-0.4, -0.2) is 111 Å². The molecule has 2 aromatic heterocycles. The number of nitrogens with zero attached hydrogens (tertiary/aromatic N) is 6. The third-order valence-electron chi connectivity index (χ3n) is 7.74. The topological polar surface area (TPSA) is 90.0 Å². The minimum atomic E-state index is -0.0742. The van der Waals surface area contributed by atoms with Gasteiger partial charge >= 0.3 is 29.6 Å². The van der Waals surface area contributed by atoms with Crippen LogP contribution in [0.5, 0.6) is 0 Å². The van der Waals surface area contributed by atoms with Gasteiger partial charge in [0.25, 0.3) is 0 Å². The van der Waals surface area contributed by atoms with Gasteiger partial charge in [-0.2, -0.15) is 10.2 Å². The Morgan fingerprint density at radius 3 is 1.62 bits per heavy atom. The summed E-state index contributed by atoms with van der Waals surface area (Å²) in [5.41, 5.74) is 5.21. The summed E-state index contributed by atoms with van der Waals surface area (Å²) in [6, 6.07) is 14.6. The molecular formula is C34H44Cl4IN6NaO4. The van der Waals surface area contributed by atoms with E-state index in [1.807, 2.05) is 48.9 Å². The van der Waals surface area contributed by atoms with Crippen molar-refractivity contribution < 1.29 is 50.3 Å². The Kier molecular flexibility index (Phi) is 20.5. The van der Waals surface area contributed by atoms with Crippen LogP contribution in [0.25, 0.3) is 11.4 Å². The molecule has 0 aliphatic carbocycles. The van der Waals surface area contributed by atoms with Crippen LogP contribution in [-0.2, 0) is 27.4 Å². The van der Waals surface area contributed by atoms with E-state index in [2.05, 4.69) is 42.6 Å². The Hall–Kier alpha value is -0.490. The molecule has 6 rings (SSSR count). The van der Waals surface area contributed by atoms with Crippen molar-refractivity contribution in [1.82, 2.24) is 29.4 Å². The SMILES string of the molecule is Cc1cc(CO)nn1-c1ccc(Cl)c(Cl)c1.Cc1cc(COCCN2CCOCC2)nn1-c1ccc(Cl)c(Cl)c1.ICCN1CCOCC1.[H-].[Na+]. The number of rotatable bonds is 10. The van der Waals surface area contributed by atoms with E-state index < -0.39 is 0 Å². The van der Waals surface area contributed by atoms with Gasteiger partial charge in [0.1, 0.15) is 0 Å². The van der Waals surface area contributed by atoms with Crippen molar-refractivity contribution in [2.75, 3.05) is 76.7 Å². The van der Waals surface area contributed by atoms with Gasteiger partial charge in [0.2, 0.25) is 0 Å². The third-order valence-corrected chi connectivity index (χ3v) is 9.70. The van der Waals surface area contributed by atoms with Gasteiger partial charge in [-0.05, 0) is 62.4 Å². The molecule has 10 nitrogen and oxygen atoms in total. The summed E-state index contributed by atoms with van der Waals surface area (Å²) in [6.07, 6.45) is 0. The Morgan fingerprint density at radius 2 is 1.18 bits per heavy atom. The molecule has 0 spiro atoms. The molecule has 1 N–H and O–H groups in total. The van der Waals surface area contributed by atoms with Gasteiger partial charge in [-0.25, -0.2) is 9.36 Å². The van der Waals surface area contributed by atoms with E-state index in [-0.39, 0.29) is 37.6 Å². The number of alkyl halides is 1. The summed E-state index contributed by atoms with van der Waals surface area (Å²) in [5.74, 6) is 0. The Labute approximate surface area is 352 Å². The molecule has 270 valence electrons. The first kappa shape index (κ1) is 43.9. The van der Waals surface area contributed by atoms with Crippen molar-refractivity contribution in [3.63, 3.8) is 0 Å². The number of aliphatic hydroxyl groups excluding tert-OH is 1. The Balaban J connectivity index is 0.000000288. The summed E-state index contributed by atoms with van der Waals surface area (Å²) in [5, 5.41) is 19.9. The van der Waals surface area contributed by atoms with Gasteiger partial charge in [-0.15, -0.1) is 0 Å². The maximum atomic E-state index is 9.00. The summed E-state index contributed by atoms with van der Waals surface area (Å²) >= 11 is 26.2. The molecule has 0 saturated carbocycles. The minimum absolute atomic E-state index is 0. The number of benzene rings is 2. The first-order valence-electron chi connectivity index (χ1n) is 16.0. The van der Waals surface area contributed by atoms with Gasteiger partial charge in [0, 0.05) is 55.1 Å². The van der Waals surface area contributed by atoms with Gasteiger partial charge < -0.3 is 20.7 Å². The first-order chi connectivity index (χ1) is 23.7. The molecule has 2 aromatic carbocycles. The number of aryl methyl sites for hydroxylation is 2. The molecule has 4 aromatic rings. The summed E-state index contributed by atoms with van der Waals surface area (Å²) < 4.78 is 21.1. The maximum absolute atomic E-state index is 9.00. The Bertz CT molecular complexity index is 1610. The molecule has 4 heterocycles. The maximum Gasteiger partial charge on any atom is 1.00 e. The molecule has 16 heteroatoms. The van der Waals surface area contributed by atoms with E-state index >= 15 is 0 Å². The molecule has 50 heavy (non-hydrogen) atoms. The fraction of sp³-hybridized carbons (Fsp3) is 0.471. The molecule has 2 saturated heterocycles. The summed E-state index contributed by atoms with van der Waals surface area (Å²) in [4.78, 5) is 4.79. The predicted molar refractivity (Wildman–Crippen MR) is 207 cm³/mol. The van der Waals surface area contributed by atoms with Crippen LogP contribution in [0.3, 0.4) is 0 Å². The van der Waals surface area contributed by atoms with Crippen LogP contribution in [0.4, 0.5) is 0 Å². The van der Waals surface area contributed by atoms with E-state index in [9.17, 15) is 0 Å². The number of ether oxygens (including phenoxy) is 3. The first-order valence-corrected chi connectivity index (χ1v) is 19.1. The smallest absolute Gasteiger partial charge is 1.00 e. The fourth-order valence-corrected chi connectivity index (χ4v) is 6.39. The standard InChI is InChI=1S/C17H21Cl2N3O2.C11H10Cl2N2O.C6H12INO.Na.H/c1-13-10-14(12-24-9-6-21-4-7-23-8-5-21)20-22(13)15-2-3-16(18)17(19)11-15;1-7-4-8(6-16)14-15(7)9-2-3-10(12)11(13)5-9;7-1-2-8-3-5-9-6-4-8;;/h2-3,10-11H,4-9,12H2,1H3;2-5,16H,6H2,1H3;1-6H2;;/q;;;+1;-1. The molecule has 2 aliphatic rings. The van der Waals surface area contributed by atoms with Crippen molar-refractivity contribution >= 4 is 69.0 Å². The van der Waals surface area contributed by atoms with Crippen LogP contribution >= 0.6 is 69.0 Å². The number of morpholine rings is 2. The predicted octanol–water partition coefficient (Wildman–Crippen LogP) is 4.19. The number of aromatic nitrogens is 4. The molecule has 0 radical (unpaired) electrons. The second-order valence-corrected chi connectivity index (χ2v) is 14.1. The molecule has 2 fully saturated rings. The van der Waals surface area contributed by atoms with Crippen LogP contribution in [0.2, 0.25) is 20.1 Å². The average molecular weight is 892 g/mol. The quantitative estimate of drug-likeness (QED) is 0.110. The van der Waals surface area contributed by atoms with Crippen molar-refractivity contribution in [1.29, 1.82) is 0 Å². The van der Waals surface area contributed by atoms with Crippen molar-refractivity contribution in [2.45, 2.75) is 27.1 Å². The number of hydrogen-bond acceptors (Lipinski definition) is 8. The van der Waals surface area contributed by atoms with E-state index in [0.29, 0.717) is 39.0 Å². The van der Waals surface area contributed by atoms with E-state index in [0.717, 1.165) is 87.6 Å². The minimum Gasteiger partial charge on any atom is -1.00 e. The van der Waals surface area contributed by atoms with Crippen LogP contribution in [0, 0.1) is 13.8 Å². The molecule has 0 bridgehead atoms. The molecule has 0 atom stereocenters. The van der Waals surface area contributed by atoms with Crippen LogP contribution < -0.4 is 29.6 Å². The van der Waals surface area contributed by atoms with Gasteiger partial charge in [0.05, 0.1) is 89.1 Å². The zero-order valence-electron chi connectivity index (χ0n) is 29.8. The average Bonchev–Trinajstić information content (AvgIpc) is 3.68. The summed E-state index contributed by atoms with van der Waals surface area (Å²) in [7, 11) is 0. The van der Waals surface area contributed by atoms with Crippen LogP contribution in [0.15, 0.2) is 48.5 Å². The number of hydrogen-bond donors (Lipinski definition) is 1. The number of halogens is 5. The van der Waals surface area contributed by atoms with Gasteiger partial charge in [-0.3, -0.25) is 9.80 Å². The van der Waals surface area contributed by atoms with Crippen LogP contribution in [0.1, 0.15) is 24.2 Å². The molecule has 2 aliphatic heterocycles. The van der Waals surface area contributed by atoms with Gasteiger partial charge in [-0.1, -0.05) is 69.0 Å². The second kappa shape index (κ2) is 23.3. The number of aliphatic hydroxyl groups is 1. The molecule has 0 amide bonds. The normalized spacial score (nSPS) is 15.0. The van der Waals surface area contributed by atoms with Crippen molar-refractivity contribution in [3.05, 3.63) is 91.4 Å². The van der Waals surface area contributed by atoms with E-state index in [1.54, 1.807) is 22.9 Å². The zero-order chi connectivity index (χ0) is 35.2. The van der Waals surface area contributed by atoms with E-state index in [4.69, 9.17) is 65.7 Å². The van der Waals surface area contributed by atoms with Gasteiger partial charge in [0.15, 0.2) is 0 Å². The third kappa shape index (κ3) is 14.1. The second-order valence-electron chi connectivity index (χ2n) is 11.4. The summed E-state index contributed by atoms with van der Waals surface area (Å²) in [6.45, 7) is 14.9. The molecular weight excluding hydrogens is 848 g/mol. The monoisotopic (exact) mass is 890 g/mol.